The summed E-state index contributed by atoms with van der Waals surface area (Å²) in [4.78, 5) is 0. The second-order valence-corrected chi connectivity index (χ2v) is 6.21. The number of hydrogen-bond donors (Lipinski definition) is 1. The molecule has 0 saturated carbocycles. The monoisotopic (exact) mass is 252 g/mol. The minimum Gasteiger partial charge on any atom is -0.394 e. The number of sulfone groups is 1. The van der Waals surface area contributed by atoms with Crippen molar-refractivity contribution in [3.8, 4) is 0 Å². The van der Waals surface area contributed by atoms with E-state index in [4.69, 9.17) is 5.11 Å². The molecular formula is C6H12N4O3S2. The predicted octanol–water partition coefficient (Wildman–Crippen LogP) is -1.20. The van der Waals surface area contributed by atoms with Crippen molar-refractivity contribution >= 4 is 21.6 Å². The molecular weight excluding hydrogens is 240 g/mol. The fourth-order valence-electron chi connectivity index (χ4n) is 0.819. The van der Waals surface area contributed by atoms with Gasteiger partial charge in [0, 0.05) is 12.0 Å². The van der Waals surface area contributed by atoms with E-state index >= 15 is 0 Å². The lowest BCUT2D eigenvalue weighted by Crippen LogP contribution is -2.08. The van der Waals surface area contributed by atoms with Crippen LogP contribution in [0.25, 0.3) is 0 Å². The Bertz CT molecular complexity index is 402. The Kier molecular flexibility index (Phi) is 4.48. The molecule has 0 aromatic carbocycles. The number of hydrogen-bond acceptors (Lipinski definition) is 7. The van der Waals surface area contributed by atoms with Crippen LogP contribution in [0.1, 0.15) is 0 Å². The molecule has 86 valence electrons. The highest BCUT2D eigenvalue weighted by Crippen LogP contribution is 2.13. The maximum atomic E-state index is 10.9. The molecule has 0 bridgehead atoms. The maximum Gasteiger partial charge on any atom is 0.209 e. The Morgan fingerprint density at radius 3 is 2.87 bits per heavy atom. The van der Waals surface area contributed by atoms with Crippen molar-refractivity contribution in [2.75, 3.05) is 24.4 Å². The molecule has 0 unspecified atom stereocenters. The molecule has 1 aromatic rings. The van der Waals surface area contributed by atoms with Crippen molar-refractivity contribution in [2.24, 2.45) is 0 Å². The standard InChI is InChI=1S/C6H12N4O3S2/c1-15(12,13)5-4-14-6-7-8-9-10(6)2-3-11/h11H,2-5H2,1H3. The van der Waals surface area contributed by atoms with Crippen LogP contribution in [0, 0.1) is 0 Å². The van der Waals surface area contributed by atoms with Gasteiger partial charge in [-0.05, 0) is 10.4 Å². The zero-order valence-electron chi connectivity index (χ0n) is 8.20. The lowest BCUT2D eigenvalue weighted by Gasteiger charge is -2.00. The van der Waals surface area contributed by atoms with Crippen LogP contribution < -0.4 is 0 Å². The molecule has 0 radical (unpaired) electrons. The highest BCUT2D eigenvalue weighted by Gasteiger charge is 2.08. The summed E-state index contributed by atoms with van der Waals surface area (Å²) in [5.41, 5.74) is 0. The van der Waals surface area contributed by atoms with Crippen LogP contribution in [-0.2, 0) is 16.4 Å². The summed E-state index contributed by atoms with van der Waals surface area (Å²) in [5.74, 6) is 0.494. The molecule has 0 aliphatic heterocycles. The minimum atomic E-state index is -2.95. The van der Waals surface area contributed by atoms with Crippen LogP contribution in [0.3, 0.4) is 0 Å². The van der Waals surface area contributed by atoms with Crippen molar-refractivity contribution in [1.29, 1.82) is 0 Å². The minimum absolute atomic E-state index is 0.0509. The number of tetrazole rings is 1. The molecule has 0 spiro atoms. The number of aliphatic hydroxyl groups excluding tert-OH is 1. The molecule has 0 aliphatic carbocycles. The van der Waals surface area contributed by atoms with E-state index in [1.807, 2.05) is 0 Å². The van der Waals surface area contributed by atoms with E-state index in [-0.39, 0.29) is 12.4 Å². The Labute approximate surface area is 91.8 Å². The average Bonchev–Trinajstić information content (AvgIpc) is 2.51. The van der Waals surface area contributed by atoms with Crippen molar-refractivity contribution in [2.45, 2.75) is 11.7 Å². The summed E-state index contributed by atoms with van der Waals surface area (Å²) in [6, 6.07) is 0. The van der Waals surface area contributed by atoms with Crippen LogP contribution in [-0.4, -0.2) is 58.1 Å². The molecule has 1 heterocycles. The van der Waals surface area contributed by atoms with Crippen molar-refractivity contribution in [1.82, 2.24) is 20.2 Å². The van der Waals surface area contributed by atoms with Gasteiger partial charge in [0.1, 0.15) is 9.84 Å². The average molecular weight is 252 g/mol. The number of thioether (sulfide) groups is 1. The van der Waals surface area contributed by atoms with Gasteiger partial charge in [-0.25, -0.2) is 13.1 Å². The Morgan fingerprint density at radius 1 is 1.53 bits per heavy atom. The molecule has 1 rings (SSSR count). The molecule has 0 atom stereocenters. The Hall–Kier alpha value is -0.670. The molecule has 0 amide bonds. The van der Waals surface area contributed by atoms with Gasteiger partial charge in [-0.1, -0.05) is 11.8 Å². The zero-order valence-corrected chi connectivity index (χ0v) is 9.83. The highest BCUT2D eigenvalue weighted by atomic mass is 32.2. The van der Waals surface area contributed by atoms with Crippen molar-refractivity contribution < 1.29 is 13.5 Å². The molecule has 7 nitrogen and oxygen atoms in total. The van der Waals surface area contributed by atoms with Crippen molar-refractivity contribution in [3.63, 3.8) is 0 Å². The summed E-state index contributed by atoms with van der Waals surface area (Å²) in [6.45, 7) is 0.263. The first-order valence-electron chi connectivity index (χ1n) is 4.20. The summed E-state index contributed by atoms with van der Waals surface area (Å²) in [7, 11) is -2.95. The molecule has 9 heteroatoms. The Morgan fingerprint density at radius 2 is 2.27 bits per heavy atom. The van der Waals surface area contributed by atoms with E-state index in [0.717, 1.165) is 0 Å². The topological polar surface area (TPSA) is 98.0 Å². The third-order valence-corrected chi connectivity index (χ3v) is 3.66. The van der Waals surface area contributed by atoms with E-state index in [1.54, 1.807) is 0 Å². The largest absolute Gasteiger partial charge is 0.394 e. The molecule has 0 saturated heterocycles. The van der Waals surface area contributed by atoms with Gasteiger partial charge in [0.05, 0.1) is 18.9 Å². The first-order valence-corrected chi connectivity index (χ1v) is 7.25. The Balaban J connectivity index is 2.47. The van der Waals surface area contributed by atoms with Gasteiger partial charge in [0.15, 0.2) is 0 Å². The highest BCUT2D eigenvalue weighted by molar-refractivity contribution is 8.00. The second kappa shape index (κ2) is 5.42. The summed E-state index contributed by atoms with van der Waals surface area (Å²) in [5, 5.41) is 20.0. The third kappa shape index (κ3) is 4.58. The van der Waals surface area contributed by atoms with Gasteiger partial charge >= 0.3 is 0 Å². The van der Waals surface area contributed by atoms with E-state index < -0.39 is 9.84 Å². The van der Waals surface area contributed by atoms with Gasteiger partial charge in [-0.15, -0.1) is 5.10 Å². The number of nitrogens with zero attached hydrogens (tertiary/aromatic N) is 4. The number of rotatable bonds is 6. The summed E-state index contributed by atoms with van der Waals surface area (Å²) >= 11 is 1.26. The normalized spacial score (nSPS) is 11.9. The summed E-state index contributed by atoms with van der Waals surface area (Å²) < 4.78 is 23.2. The third-order valence-electron chi connectivity index (χ3n) is 1.50. The molecule has 15 heavy (non-hydrogen) atoms. The van der Waals surface area contributed by atoms with Gasteiger partial charge in [0.2, 0.25) is 5.16 Å². The van der Waals surface area contributed by atoms with Crippen molar-refractivity contribution in [3.05, 3.63) is 0 Å². The van der Waals surface area contributed by atoms with Gasteiger partial charge in [-0.3, -0.25) is 0 Å². The van der Waals surface area contributed by atoms with E-state index in [2.05, 4.69) is 15.5 Å². The number of aromatic nitrogens is 4. The molecule has 1 aromatic heterocycles. The van der Waals surface area contributed by atoms with Gasteiger partial charge in [-0.2, -0.15) is 0 Å². The fourth-order valence-corrected chi connectivity index (χ4v) is 2.92. The smallest absolute Gasteiger partial charge is 0.209 e. The van der Waals surface area contributed by atoms with E-state index in [9.17, 15) is 8.42 Å². The predicted molar refractivity (Wildman–Crippen MR) is 55.3 cm³/mol. The van der Waals surface area contributed by atoms with Gasteiger partial charge in [0.25, 0.3) is 0 Å². The van der Waals surface area contributed by atoms with Crippen LogP contribution in [0.5, 0.6) is 0 Å². The lowest BCUT2D eigenvalue weighted by molar-refractivity contribution is 0.262. The van der Waals surface area contributed by atoms with Gasteiger partial charge < -0.3 is 5.11 Å². The fraction of sp³-hybridized carbons (Fsp3) is 0.833. The van der Waals surface area contributed by atoms with E-state index in [0.29, 0.717) is 17.5 Å². The number of aliphatic hydroxyl groups is 1. The lowest BCUT2D eigenvalue weighted by atomic mass is 10.7. The van der Waals surface area contributed by atoms with E-state index in [1.165, 1.54) is 22.7 Å². The second-order valence-electron chi connectivity index (χ2n) is 2.89. The quantitative estimate of drug-likeness (QED) is 0.635. The maximum absolute atomic E-state index is 10.9. The molecule has 1 N–H and O–H groups in total. The SMILES string of the molecule is CS(=O)(=O)CCSc1nnnn1CCO. The summed E-state index contributed by atoms with van der Waals surface area (Å²) in [6.07, 6.45) is 1.18. The first-order chi connectivity index (χ1) is 7.03. The zero-order chi connectivity index (χ0) is 11.3. The van der Waals surface area contributed by atoms with Crippen LogP contribution >= 0.6 is 11.8 Å². The molecule has 0 aliphatic rings. The van der Waals surface area contributed by atoms with Crippen LogP contribution in [0.4, 0.5) is 0 Å². The van der Waals surface area contributed by atoms with Crippen LogP contribution in [0.2, 0.25) is 0 Å². The van der Waals surface area contributed by atoms with Crippen LogP contribution in [0.15, 0.2) is 5.16 Å². The molecule has 0 fully saturated rings. The first kappa shape index (κ1) is 12.4.